The molecular formula is C21H27ClFN3O3S. The quantitative estimate of drug-likeness (QED) is 0.589. The molecule has 4 fully saturated rings. The minimum absolute atomic E-state index is 0.00896. The lowest BCUT2D eigenvalue weighted by molar-refractivity contribution is -0.136. The number of ether oxygens (including phenoxy) is 1. The summed E-state index contributed by atoms with van der Waals surface area (Å²) >= 11 is 7.49. The highest BCUT2D eigenvalue weighted by atomic mass is 35.5. The van der Waals surface area contributed by atoms with Crippen molar-refractivity contribution in [2.45, 2.75) is 43.6 Å². The van der Waals surface area contributed by atoms with Crippen LogP contribution in [0, 0.1) is 23.6 Å². The Morgan fingerprint density at radius 1 is 1.30 bits per heavy atom. The fraction of sp³-hybridized carbons (Fsp3) is 0.619. The van der Waals surface area contributed by atoms with Crippen LogP contribution in [-0.4, -0.2) is 48.2 Å². The molecule has 30 heavy (non-hydrogen) atoms. The lowest BCUT2D eigenvalue weighted by Crippen LogP contribution is -2.57. The highest BCUT2D eigenvalue weighted by molar-refractivity contribution is 8.00. The van der Waals surface area contributed by atoms with Gasteiger partial charge in [0.25, 0.3) is 5.91 Å². The molecule has 3 saturated carbocycles. The van der Waals surface area contributed by atoms with Gasteiger partial charge in [-0.05, 0) is 50.2 Å². The van der Waals surface area contributed by atoms with Crippen LogP contribution >= 0.6 is 23.4 Å². The van der Waals surface area contributed by atoms with Crippen molar-refractivity contribution in [2.75, 3.05) is 18.9 Å². The van der Waals surface area contributed by atoms with E-state index >= 15 is 0 Å². The van der Waals surface area contributed by atoms with Gasteiger partial charge < -0.3 is 20.7 Å². The smallest absolute Gasteiger partial charge is 0.258 e. The molecule has 3 unspecified atom stereocenters. The first-order valence-electron chi connectivity index (χ1n) is 10.4. The third kappa shape index (κ3) is 5.03. The van der Waals surface area contributed by atoms with E-state index in [4.69, 9.17) is 16.3 Å². The summed E-state index contributed by atoms with van der Waals surface area (Å²) in [6.45, 7) is 2.57. The van der Waals surface area contributed by atoms with Crippen molar-refractivity contribution in [3.63, 3.8) is 0 Å². The van der Waals surface area contributed by atoms with E-state index in [1.165, 1.54) is 12.1 Å². The Morgan fingerprint density at radius 3 is 2.80 bits per heavy atom. The molecule has 0 aromatic heterocycles. The number of amides is 2. The van der Waals surface area contributed by atoms with E-state index in [9.17, 15) is 14.0 Å². The van der Waals surface area contributed by atoms with Crippen molar-refractivity contribution in [2.24, 2.45) is 17.8 Å². The molecule has 164 valence electrons. The molecule has 6 nitrogen and oxygen atoms in total. The maximum Gasteiger partial charge on any atom is 0.258 e. The van der Waals surface area contributed by atoms with Gasteiger partial charge in [-0.25, -0.2) is 4.39 Å². The topological polar surface area (TPSA) is 79.5 Å². The summed E-state index contributed by atoms with van der Waals surface area (Å²) in [6, 6.07) is 4.52. The second-order valence-electron chi connectivity index (χ2n) is 8.51. The largest absolute Gasteiger partial charge is 0.484 e. The second kappa shape index (κ2) is 9.32. The Bertz CT molecular complexity index is 808. The molecule has 1 aromatic rings. The molecule has 0 radical (unpaired) electrons. The molecule has 9 heteroatoms. The molecule has 4 atom stereocenters. The van der Waals surface area contributed by atoms with Gasteiger partial charge in [0.2, 0.25) is 5.91 Å². The van der Waals surface area contributed by atoms with Gasteiger partial charge in [0.1, 0.15) is 11.6 Å². The molecule has 1 saturated heterocycles. The fourth-order valence-corrected chi connectivity index (χ4v) is 5.87. The van der Waals surface area contributed by atoms with E-state index in [0.29, 0.717) is 30.8 Å². The molecule has 3 N–H and O–H groups in total. The summed E-state index contributed by atoms with van der Waals surface area (Å²) < 4.78 is 18.8. The molecule has 1 aliphatic heterocycles. The number of carbonyl (C=O) groups is 2. The van der Waals surface area contributed by atoms with E-state index in [1.807, 2.05) is 11.8 Å². The van der Waals surface area contributed by atoms with Gasteiger partial charge in [-0.1, -0.05) is 11.6 Å². The average Bonchev–Trinajstić information content (AvgIpc) is 3.11. The Hall–Kier alpha value is -1.51. The predicted octanol–water partition coefficient (Wildman–Crippen LogP) is 2.56. The molecule has 1 aromatic carbocycles. The van der Waals surface area contributed by atoms with Crippen molar-refractivity contribution in [3.05, 3.63) is 29.0 Å². The highest BCUT2D eigenvalue weighted by Gasteiger charge is 2.49. The van der Waals surface area contributed by atoms with Gasteiger partial charge >= 0.3 is 0 Å². The molecular weight excluding hydrogens is 429 g/mol. The van der Waals surface area contributed by atoms with E-state index in [2.05, 4.69) is 22.9 Å². The van der Waals surface area contributed by atoms with E-state index in [-0.39, 0.29) is 46.5 Å². The molecule has 3 aliphatic carbocycles. The summed E-state index contributed by atoms with van der Waals surface area (Å²) in [5, 5.41) is 9.83. The van der Waals surface area contributed by atoms with Crippen molar-refractivity contribution < 1.29 is 18.7 Å². The predicted molar refractivity (Wildman–Crippen MR) is 115 cm³/mol. The molecule has 2 bridgehead atoms. The van der Waals surface area contributed by atoms with Gasteiger partial charge in [0.05, 0.1) is 10.4 Å². The summed E-state index contributed by atoms with van der Waals surface area (Å²) in [5.74, 6) is 1.33. The van der Waals surface area contributed by atoms with Crippen LogP contribution in [0.25, 0.3) is 0 Å². The van der Waals surface area contributed by atoms with Crippen molar-refractivity contribution in [1.82, 2.24) is 16.0 Å². The van der Waals surface area contributed by atoms with E-state index in [1.54, 1.807) is 0 Å². The van der Waals surface area contributed by atoms with Crippen molar-refractivity contribution in [1.29, 1.82) is 0 Å². The molecule has 0 spiro atoms. The van der Waals surface area contributed by atoms with Crippen molar-refractivity contribution in [3.8, 4) is 5.75 Å². The zero-order valence-corrected chi connectivity index (χ0v) is 18.4. The third-order valence-electron chi connectivity index (χ3n) is 6.28. The van der Waals surface area contributed by atoms with Crippen LogP contribution in [0.5, 0.6) is 5.75 Å². The first-order chi connectivity index (χ1) is 14.4. The average molecular weight is 456 g/mol. The lowest BCUT2D eigenvalue weighted by atomic mass is 9.57. The maximum absolute atomic E-state index is 13.5. The minimum Gasteiger partial charge on any atom is -0.484 e. The number of halogens is 2. The van der Waals surface area contributed by atoms with Crippen LogP contribution in [0.3, 0.4) is 0 Å². The summed E-state index contributed by atoms with van der Waals surface area (Å²) in [4.78, 5) is 25.1. The Labute approximate surface area is 185 Å². The van der Waals surface area contributed by atoms with Crippen LogP contribution in [0.15, 0.2) is 18.2 Å². The van der Waals surface area contributed by atoms with Gasteiger partial charge in [-0.15, -0.1) is 11.8 Å². The number of benzene rings is 1. The van der Waals surface area contributed by atoms with Gasteiger partial charge in [0, 0.05) is 36.4 Å². The lowest BCUT2D eigenvalue weighted by Gasteiger charge is -2.50. The zero-order valence-electron chi connectivity index (χ0n) is 16.8. The first kappa shape index (κ1) is 21.7. The number of fused-ring (bicyclic) bond motifs is 2. The SMILES string of the molecule is CC1CSC(CNC(=O)C2C[C@H](NC(=O)COc3ccc(Cl)c(F)c3)C3CC2C3)N1. The normalized spacial score (nSPS) is 32.2. The standard InChI is InChI=1S/C21H27ClFN3O3S/c1-11-10-30-20(25-11)8-24-21(28)15-7-18(13-4-12(15)5-13)26-19(27)9-29-14-2-3-16(22)17(23)6-14/h2-3,6,11-13,15,18,20,25H,4-5,7-10H2,1H3,(H,24,28)(H,26,27)/t11?,12?,13?,15?,18-,20?/m0/s1. The summed E-state index contributed by atoms with van der Waals surface area (Å²) in [6.07, 6.45) is 2.60. The van der Waals surface area contributed by atoms with Gasteiger partial charge in [-0.3, -0.25) is 9.59 Å². The fourth-order valence-electron chi connectivity index (χ4n) is 4.60. The van der Waals surface area contributed by atoms with Crippen LogP contribution in [0.2, 0.25) is 5.02 Å². The number of rotatable bonds is 7. The Morgan fingerprint density at radius 2 is 2.10 bits per heavy atom. The molecule has 2 amide bonds. The first-order valence-corrected chi connectivity index (χ1v) is 11.8. The monoisotopic (exact) mass is 455 g/mol. The Balaban J connectivity index is 1.24. The van der Waals surface area contributed by atoms with Gasteiger partial charge in [0.15, 0.2) is 6.61 Å². The second-order valence-corrected chi connectivity index (χ2v) is 10.2. The maximum atomic E-state index is 13.5. The number of nitrogens with one attached hydrogen (secondary N) is 3. The zero-order chi connectivity index (χ0) is 21.3. The minimum atomic E-state index is -0.586. The molecule has 1 heterocycles. The number of carbonyl (C=O) groups excluding carboxylic acids is 2. The van der Waals surface area contributed by atoms with E-state index in [0.717, 1.165) is 24.7 Å². The van der Waals surface area contributed by atoms with Crippen LogP contribution < -0.4 is 20.7 Å². The number of hydrogen-bond donors (Lipinski definition) is 3. The van der Waals surface area contributed by atoms with Crippen LogP contribution in [0.1, 0.15) is 26.2 Å². The Kier molecular flexibility index (Phi) is 6.75. The van der Waals surface area contributed by atoms with Crippen LogP contribution in [0.4, 0.5) is 4.39 Å². The number of thioether (sulfide) groups is 1. The molecule has 5 rings (SSSR count). The highest BCUT2D eigenvalue weighted by Crippen LogP contribution is 2.49. The molecule has 4 aliphatic rings. The summed E-state index contributed by atoms with van der Waals surface area (Å²) in [5.41, 5.74) is 0. The number of hydrogen-bond acceptors (Lipinski definition) is 5. The third-order valence-corrected chi connectivity index (χ3v) is 7.98. The van der Waals surface area contributed by atoms with Gasteiger partial charge in [-0.2, -0.15) is 0 Å². The van der Waals surface area contributed by atoms with E-state index < -0.39 is 5.82 Å². The van der Waals surface area contributed by atoms with Crippen LogP contribution in [-0.2, 0) is 9.59 Å². The van der Waals surface area contributed by atoms with Crippen molar-refractivity contribution >= 4 is 35.2 Å². The summed E-state index contributed by atoms with van der Waals surface area (Å²) in [7, 11) is 0.